The van der Waals surface area contributed by atoms with Gasteiger partial charge in [0, 0.05) is 34.7 Å². The summed E-state index contributed by atoms with van der Waals surface area (Å²) in [6.45, 7) is 0.448. The zero-order chi connectivity index (χ0) is 13.0. The van der Waals surface area contributed by atoms with Crippen molar-refractivity contribution in [3.05, 3.63) is 52.3 Å². The zero-order valence-electron chi connectivity index (χ0n) is 9.34. The first-order valence-electron chi connectivity index (χ1n) is 5.26. The highest BCUT2D eigenvalue weighted by Crippen LogP contribution is 2.22. The lowest BCUT2D eigenvalue weighted by molar-refractivity contribution is 0.252. The molecule has 6 heteroatoms. The number of hydrogen-bond donors (Lipinski definition) is 3. The van der Waals surface area contributed by atoms with E-state index in [-0.39, 0.29) is 6.03 Å². The van der Waals surface area contributed by atoms with E-state index < -0.39 is 0 Å². The molecule has 0 saturated carbocycles. The van der Waals surface area contributed by atoms with Crippen molar-refractivity contribution in [2.24, 2.45) is 0 Å². The molecule has 0 fully saturated rings. The molecule has 1 aromatic heterocycles. The Morgan fingerprint density at radius 1 is 1.22 bits per heavy atom. The lowest BCUT2D eigenvalue weighted by atomic mass is 10.3. The van der Waals surface area contributed by atoms with Crippen LogP contribution in [0.3, 0.4) is 0 Å². The Labute approximate surface area is 114 Å². The summed E-state index contributed by atoms with van der Waals surface area (Å²) in [7, 11) is 0. The van der Waals surface area contributed by atoms with Crippen molar-refractivity contribution in [3.8, 4) is 0 Å². The van der Waals surface area contributed by atoms with E-state index in [2.05, 4.69) is 15.6 Å². The Balaban J connectivity index is 1.90. The third-order valence-corrected chi connectivity index (χ3v) is 2.67. The number of benzene rings is 1. The fraction of sp³-hybridized carbons (Fsp3) is 0.0833. The molecular formula is C12H11Cl2N3O. The number of aromatic amines is 1. The first-order valence-corrected chi connectivity index (χ1v) is 6.02. The molecule has 0 radical (unpaired) electrons. The maximum Gasteiger partial charge on any atom is 0.319 e. The van der Waals surface area contributed by atoms with Crippen LogP contribution in [0, 0.1) is 0 Å². The van der Waals surface area contributed by atoms with Gasteiger partial charge in [0.1, 0.15) is 0 Å². The standard InChI is InChI=1S/C12H11Cl2N3O/c13-9-3-10(14)5-11(4-9)17-12(18)16-7-8-1-2-15-6-8/h1-6,15H,7H2,(H2,16,17,18). The van der Waals surface area contributed by atoms with E-state index in [0.29, 0.717) is 22.3 Å². The summed E-state index contributed by atoms with van der Waals surface area (Å²) in [5.41, 5.74) is 1.55. The highest BCUT2D eigenvalue weighted by molar-refractivity contribution is 6.35. The summed E-state index contributed by atoms with van der Waals surface area (Å²) < 4.78 is 0. The normalized spacial score (nSPS) is 10.1. The van der Waals surface area contributed by atoms with Gasteiger partial charge in [-0.25, -0.2) is 4.79 Å². The van der Waals surface area contributed by atoms with Crippen LogP contribution in [0.5, 0.6) is 0 Å². The maximum atomic E-state index is 11.6. The average molecular weight is 284 g/mol. The predicted octanol–water partition coefficient (Wildman–Crippen LogP) is 3.64. The van der Waals surface area contributed by atoms with Crippen LogP contribution in [-0.4, -0.2) is 11.0 Å². The minimum atomic E-state index is -0.311. The first-order chi connectivity index (χ1) is 8.63. The van der Waals surface area contributed by atoms with Crippen LogP contribution < -0.4 is 10.6 Å². The molecule has 0 aliphatic carbocycles. The molecule has 0 atom stereocenters. The second kappa shape index (κ2) is 5.80. The maximum absolute atomic E-state index is 11.6. The van der Waals surface area contributed by atoms with Crippen molar-refractivity contribution in [3.63, 3.8) is 0 Å². The largest absolute Gasteiger partial charge is 0.367 e. The number of urea groups is 1. The Morgan fingerprint density at radius 2 is 1.94 bits per heavy atom. The van der Waals surface area contributed by atoms with Gasteiger partial charge in [0.05, 0.1) is 0 Å². The highest BCUT2D eigenvalue weighted by Gasteiger charge is 2.03. The van der Waals surface area contributed by atoms with Crippen molar-refractivity contribution in [1.82, 2.24) is 10.3 Å². The fourth-order valence-electron chi connectivity index (χ4n) is 1.45. The number of carbonyl (C=O) groups is 1. The second-order valence-electron chi connectivity index (χ2n) is 3.69. The van der Waals surface area contributed by atoms with Crippen molar-refractivity contribution in [1.29, 1.82) is 0 Å². The molecule has 2 rings (SSSR count). The van der Waals surface area contributed by atoms with Crippen LogP contribution in [0.1, 0.15) is 5.56 Å². The van der Waals surface area contributed by atoms with Gasteiger partial charge >= 0.3 is 6.03 Å². The molecule has 2 aromatic rings. The van der Waals surface area contributed by atoms with Gasteiger partial charge < -0.3 is 15.6 Å². The smallest absolute Gasteiger partial charge is 0.319 e. The average Bonchev–Trinajstić information content (AvgIpc) is 2.77. The molecule has 0 aliphatic heterocycles. The van der Waals surface area contributed by atoms with Gasteiger partial charge in [-0.15, -0.1) is 0 Å². The van der Waals surface area contributed by atoms with Gasteiger partial charge in [-0.1, -0.05) is 23.2 Å². The molecule has 94 valence electrons. The van der Waals surface area contributed by atoms with Crippen LogP contribution in [0.4, 0.5) is 10.5 Å². The molecule has 18 heavy (non-hydrogen) atoms. The van der Waals surface area contributed by atoms with E-state index in [1.54, 1.807) is 24.4 Å². The van der Waals surface area contributed by atoms with Crippen LogP contribution in [0.25, 0.3) is 0 Å². The van der Waals surface area contributed by atoms with Crippen LogP contribution in [0.2, 0.25) is 10.0 Å². The third kappa shape index (κ3) is 3.68. The number of aromatic nitrogens is 1. The number of amides is 2. The first kappa shape index (κ1) is 12.8. The fourth-order valence-corrected chi connectivity index (χ4v) is 1.98. The monoisotopic (exact) mass is 283 g/mol. The van der Waals surface area contributed by atoms with E-state index in [1.807, 2.05) is 12.3 Å². The Morgan fingerprint density at radius 3 is 2.56 bits per heavy atom. The summed E-state index contributed by atoms with van der Waals surface area (Å²) in [4.78, 5) is 14.5. The van der Waals surface area contributed by atoms with E-state index in [9.17, 15) is 4.79 Å². The lowest BCUT2D eigenvalue weighted by Crippen LogP contribution is -2.27. The summed E-state index contributed by atoms with van der Waals surface area (Å²) >= 11 is 11.7. The minimum Gasteiger partial charge on any atom is -0.367 e. The van der Waals surface area contributed by atoms with E-state index in [1.165, 1.54) is 0 Å². The number of H-pyrrole nitrogens is 1. The summed E-state index contributed by atoms with van der Waals surface area (Å²) in [5, 5.41) is 6.32. The molecule has 0 aliphatic rings. The van der Waals surface area contributed by atoms with E-state index in [4.69, 9.17) is 23.2 Å². The molecule has 0 bridgehead atoms. The molecule has 1 aromatic carbocycles. The van der Waals surface area contributed by atoms with Gasteiger partial charge in [-0.05, 0) is 29.8 Å². The van der Waals surface area contributed by atoms with Crippen molar-refractivity contribution in [2.45, 2.75) is 6.54 Å². The lowest BCUT2D eigenvalue weighted by Gasteiger charge is -2.07. The number of hydrogen-bond acceptors (Lipinski definition) is 1. The van der Waals surface area contributed by atoms with Crippen molar-refractivity contribution >= 4 is 34.9 Å². The van der Waals surface area contributed by atoms with Gasteiger partial charge in [-0.2, -0.15) is 0 Å². The molecule has 4 nitrogen and oxygen atoms in total. The van der Waals surface area contributed by atoms with E-state index >= 15 is 0 Å². The van der Waals surface area contributed by atoms with Gasteiger partial charge in [0.15, 0.2) is 0 Å². The molecule has 0 unspecified atom stereocenters. The molecular weight excluding hydrogens is 273 g/mol. The Kier molecular flexibility index (Phi) is 4.12. The topological polar surface area (TPSA) is 56.9 Å². The van der Waals surface area contributed by atoms with Crippen LogP contribution >= 0.6 is 23.2 Å². The van der Waals surface area contributed by atoms with Crippen molar-refractivity contribution in [2.75, 3.05) is 5.32 Å². The third-order valence-electron chi connectivity index (χ3n) is 2.24. The number of anilines is 1. The molecule has 1 heterocycles. The summed E-state index contributed by atoms with van der Waals surface area (Å²) in [6, 6.07) is 6.43. The van der Waals surface area contributed by atoms with Gasteiger partial charge in [-0.3, -0.25) is 0 Å². The molecule has 0 spiro atoms. The Bertz CT molecular complexity index is 520. The minimum absolute atomic E-state index is 0.311. The number of halogens is 2. The second-order valence-corrected chi connectivity index (χ2v) is 4.56. The molecule has 0 saturated heterocycles. The van der Waals surface area contributed by atoms with Gasteiger partial charge in [0.25, 0.3) is 0 Å². The zero-order valence-corrected chi connectivity index (χ0v) is 10.8. The number of carbonyl (C=O) groups excluding carboxylic acids is 1. The summed E-state index contributed by atoms with van der Waals surface area (Å²) in [5.74, 6) is 0. The van der Waals surface area contributed by atoms with E-state index in [0.717, 1.165) is 5.56 Å². The molecule has 2 amide bonds. The quantitative estimate of drug-likeness (QED) is 0.791. The molecule has 3 N–H and O–H groups in total. The van der Waals surface area contributed by atoms with Crippen molar-refractivity contribution < 1.29 is 4.79 Å². The highest BCUT2D eigenvalue weighted by atomic mass is 35.5. The summed E-state index contributed by atoms with van der Waals surface area (Å²) in [6.07, 6.45) is 3.61. The SMILES string of the molecule is O=C(NCc1cc[nH]c1)Nc1cc(Cl)cc(Cl)c1. The van der Waals surface area contributed by atoms with Crippen LogP contribution in [0.15, 0.2) is 36.7 Å². The van der Waals surface area contributed by atoms with Crippen LogP contribution in [-0.2, 0) is 6.54 Å². The number of nitrogens with one attached hydrogen (secondary N) is 3. The van der Waals surface area contributed by atoms with Gasteiger partial charge in [0.2, 0.25) is 0 Å². The number of rotatable bonds is 3. The Hall–Kier alpha value is -1.65. The predicted molar refractivity (Wildman–Crippen MR) is 73.1 cm³/mol.